The smallest absolute Gasteiger partial charge is 0.417 e. The van der Waals surface area contributed by atoms with Gasteiger partial charge in [0.25, 0.3) is 17.7 Å². The van der Waals surface area contributed by atoms with E-state index in [1.165, 1.54) is 23.2 Å². The Morgan fingerprint density at radius 1 is 0.894 bits per heavy atom. The number of imide groups is 2. The van der Waals surface area contributed by atoms with Gasteiger partial charge in [-0.05, 0) is 138 Å². The third-order valence-electron chi connectivity index (χ3n) is 15.2. The number of hydrazine groups is 1. The van der Waals surface area contributed by atoms with Crippen molar-refractivity contribution in [3.63, 3.8) is 0 Å². The molecule has 6 heterocycles. The van der Waals surface area contributed by atoms with Crippen LogP contribution in [-0.2, 0) is 27.0 Å². The van der Waals surface area contributed by atoms with Crippen molar-refractivity contribution in [3.8, 4) is 11.8 Å². The first-order valence-corrected chi connectivity index (χ1v) is 23.5. The third-order valence-corrected chi connectivity index (χ3v) is 17.3. The highest BCUT2D eigenvalue weighted by molar-refractivity contribution is 8.28. The molecule has 7 aliphatic rings. The second kappa shape index (κ2) is 15.6. The number of carbonyl (C=O) groups excluding carboxylic acids is 6. The van der Waals surface area contributed by atoms with Gasteiger partial charge < -0.3 is 14.5 Å². The molecule has 2 N–H and O–H groups in total. The zero-order chi connectivity index (χ0) is 46.7. The van der Waals surface area contributed by atoms with E-state index in [1.807, 2.05) is 0 Å². The molecular weight excluding hydrogens is 883 g/mol. The van der Waals surface area contributed by atoms with Crippen LogP contribution in [0.15, 0.2) is 53.4 Å². The number of hydrogen-bond acceptors (Lipinski definition) is 11. The number of amides is 5. The Morgan fingerprint density at radius 3 is 2.23 bits per heavy atom. The van der Waals surface area contributed by atoms with Crippen molar-refractivity contribution < 1.29 is 51.1 Å². The molecule has 1 saturated carbocycles. The summed E-state index contributed by atoms with van der Waals surface area (Å²) in [7, 11) is 0. The van der Waals surface area contributed by atoms with Crippen molar-refractivity contribution in [2.75, 3.05) is 37.8 Å². The van der Waals surface area contributed by atoms with E-state index in [1.54, 1.807) is 36.9 Å². The van der Waals surface area contributed by atoms with Gasteiger partial charge in [0.2, 0.25) is 16.9 Å². The van der Waals surface area contributed by atoms with E-state index >= 15 is 4.39 Å². The Bertz CT molecular complexity index is 2680. The molecule has 3 aromatic rings. The van der Waals surface area contributed by atoms with Crippen LogP contribution in [0, 0.1) is 28.0 Å². The third kappa shape index (κ3) is 7.23. The van der Waals surface area contributed by atoms with E-state index in [4.69, 9.17) is 4.74 Å². The van der Waals surface area contributed by atoms with Crippen LogP contribution in [0.4, 0.5) is 23.2 Å². The number of fused-ring (bicyclic) bond motifs is 2. The van der Waals surface area contributed by atoms with Gasteiger partial charge in [-0.1, -0.05) is 11.1 Å². The Hall–Kier alpha value is -5.84. The van der Waals surface area contributed by atoms with Gasteiger partial charge in [0.15, 0.2) is 0 Å². The van der Waals surface area contributed by atoms with Crippen molar-refractivity contribution in [2.24, 2.45) is 10.8 Å². The first-order valence-electron chi connectivity index (χ1n) is 22.2. The molecule has 1 aliphatic carbocycles. The fourth-order valence-corrected chi connectivity index (χ4v) is 13.3. The maximum Gasteiger partial charge on any atom is 0.417 e. The number of nitrogens with one attached hydrogen (secondary N) is 2. The van der Waals surface area contributed by atoms with Crippen LogP contribution in [-0.4, -0.2) is 99.8 Å². The second-order valence-electron chi connectivity index (χ2n) is 19.4. The van der Waals surface area contributed by atoms with Gasteiger partial charge in [0, 0.05) is 35.9 Å². The molecule has 3 aromatic carbocycles. The van der Waals surface area contributed by atoms with Crippen LogP contribution in [0.25, 0.3) is 0 Å². The first kappa shape index (κ1) is 44.0. The van der Waals surface area contributed by atoms with Crippen LogP contribution in [0.5, 0.6) is 5.75 Å². The van der Waals surface area contributed by atoms with Gasteiger partial charge in [-0.25, -0.2) is 4.39 Å². The monoisotopic (exact) mass is 929 g/mol. The molecule has 10 rings (SSSR count). The quantitative estimate of drug-likeness (QED) is 0.160. The summed E-state index contributed by atoms with van der Waals surface area (Å²) in [5.41, 5.74) is -1.53. The van der Waals surface area contributed by atoms with Crippen LogP contribution >= 0.6 is 11.1 Å². The number of likely N-dealkylation sites (tertiary alicyclic amines) is 2. The molecule has 346 valence electrons. The summed E-state index contributed by atoms with van der Waals surface area (Å²) in [5, 5.41) is 12.5. The van der Waals surface area contributed by atoms with Crippen molar-refractivity contribution in [3.05, 3.63) is 87.7 Å². The number of rotatable bonds is 5. The number of nitrogens with zero attached hydrogens (tertiary/aromatic N) is 5. The average molecular weight is 930 g/mol. The molecule has 14 nitrogen and oxygen atoms in total. The van der Waals surface area contributed by atoms with Crippen LogP contribution < -0.4 is 19.9 Å². The molecule has 0 bridgehead atoms. The zero-order valence-corrected chi connectivity index (χ0v) is 37.1. The van der Waals surface area contributed by atoms with Crippen LogP contribution in [0.1, 0.15) is 113 Å². The van der Waals surface area contributed by atoms with Gasteiger partial charge >= 0.3 is 6.18 Å². The molecule has 6 aliphatic heterocycles. The summed E-state index contributed by atoms with van der Waals surface area (Å²) in [6.45, 7) is 6.41. The van der Waals surface area contributed by atoms with Gasteiger partial charge in [0.05, 0.1) is 46.2 Å². The SMILES string of the molecule is CC1(C)C(=O)[SH](c2ccc(C#N)c(C(F)(F)F)c2)NN1c1ccc(C(=O)N2CCC3(CC2)CC(N2CCC4(CC2)COc2cc5c(cc2C4)C(=O)N(C2CCC(=O)NC2=O)C5=O)C3)c(F)c1. The van der Waals surface area contributed by atoms with E-state index in [2.05, 4.69) is 15.0 Å². The predicted molar refractivity (Wildman–Crippen MR) is 231 cm³/mol. The number of ether oxygens (including phenoxy) is 1. The van der Waals surface area contributed by atoms with Crippen LogP contribution in [0.2, 0.25) is 0 Å². The van der Waals surface area contributed by atoms with E-state index in [-0.39, 0.29) is 50.9 Å². The highest BCUT2D eigenvalue weighted by Gasteiger charge is 2.52. The number of piperidine rings is 3. The normalized spacial score (nSPS) is 25.3. The average Bonchev–Trinajstić information content (AvgIpc) is 3.66. The zero-order valence-electron chi connectivity index (χ0n) is 36.2. The van der Waals surface area contributed by atoms with Gasteiger partial charge in [-0.15, -0.1) is 0 Å². The number of nitriles is 1. The van der Waals surface area contributed by atoms with Gasteiger partial charge in [-0.2, -0.15) is 23.3 Å². The Balaban J connectivity index is 0.723. The fourth-order valence-electron chi connectivity index (χ4n) is 11.2. The van der Waals surface area contributed by atoms with Gasteiger partial charge in [0.1, 0.15) is 23.1 Å². The number of alkyl halides is 3. The topological polar surface area (TPSA) is 172 Å². The number of benzene rings is 3. The summed E-state index contributed by atoms with van der Waals surface area (Å²) in [6.07, 6.45) is 1.46. The molecule has 5 amide bonds. The molecule has 0 aromatic heterocycles. The summed E-state index contributed by atoms with van der Waals surface area (Å²) in [5.74, 6) is -2.80. The standard InChI is InChI=1S/C47H47F4N7O7S/c1-44(2)43(64)66(30-5-3-26(24-52)34(19-30)47(49,50)51)54-58(44)28-4-6-31(35(48)18-28)40(61)56-15-9-45(10-16-56)22-29(23-45)55-13-11-46(12-14-55)21-27-17-32-33(20-37(27)65-25-46)42(63)57(41(32)62)36-7-8-38(59)53-39(36)60/h3-6,17-20,29,36,54,66H,7-16,21-23,25H2,1-2H3,(H,53,59,60). The highest BCUT2D eigenvalue weighted by atomic mass is 32.2. The van der Waals surface area contributed by atoms with E-state index < -0.39 is 80.4 Å². The Morgan fingerprint density at radius 2 is 1.58 bits per heavy atom. The minimum atomic E-state index is -4.80. The lowest BCUT2D eigenvalue weighted by molar-refractivity contribution is -0.138. The highest BCUT2D eigenvalue weighted by Crippen LogP contribution is 2.53. The van der Waals surface area contributed by atoms with Gasteiger partial charge in [-0.3, -0.25) is 44.0 Å². The molecule has 0 radical (unpaired) electrons. The second-order valence-corrected chi connectivity index (χ2v) is 21.2. The molecule has 66 heavy (non-hydrogen) atoms. The lowest BCUT2D eigenvalue weighted by Gasteiger charge is -2.57. The fraction of sp³-hybridized carbons (Fsp3) is 0.468. The lowest BCUT2D eigenvalue weighted by atomic mass is 9.59. The largest absolute Gasteiger partial charge is 0.493 e. The number of anilines is 1. The molecular formula is C47H47F4N7O7S. The molecule has 2 unspecified atom stereocenters. The molecule has 5 fully saturated rings. The summed E-state index contributed by atoms with van der Waals surface area (Å²) < 4.78 is 63.3. The summed E-state index contributed by atoms with van der Waals surface area (Å²) in [4.78, 5) is 86.6. The lowest BCUT2D eigenvalue weighted by Crippen LogP contribution is -2.58. The first-order chi connectivity index (χ1) is 31.3. The van der Waals surface area contributed by atoms with E-state index in [0.29, 0.717) is 37.9 Å². The van der Waals surface area contributed by atoms with E-state index in [9.17, 15) is 47.2 Å². The van der Waals surface area contributed by atoms with E-state index in [0.717, 1.165) is 80.3 Å². The molecule has 2 spiro atoms. The summed E-state index contributed by atoms with van der Waals surface area (Å²) in [6, 6.07) is 11.5. The maximum absolute atomic E-state index is 15.8. The number of thiol groups is 1. The molecule has 19 heteroatoms. The maximum atomic E-state index is 15.8. The Kier molecular flexibility index (Phi) is 10.4. The van der Waals surface area contributed by atoms with Crippen molar-refractivity contribution in [1.29, 1.82) is 5.26 Å². The number of halogens is 4. The Labute approximate surface area is 380 Å². The van der Waals surface area contributed by atoms with Crippen LogP contribution in [0.3, 0.4) is 0 Å². The minimum Gasteiger partial charge on any atom is -0.493 e. The predicted octanol–water partition coefficient (Wildman–Crippen LogP) is 5.82. The van der Waals surface area contributed by atoms with Crippen molar-refractivity contribution in [2.45, 2.75) is 100 Å². The van der Waals surface area contributed by atoms with Crippen molar-refractivity contribution >= 4 is 51.4 Å². The summed E-state index contributed by atoms with van der Waals surface area (Å²) >= 11 is -2.02. The number of carbonyl (C=O) groups is 6. The molecule has 4 saturated heterocycles. The van der Waals surface area contributed by atoms with Crippen molar-refractivity contribution in [1.82, 2.24) is 24.8 Å². The number of hydrogen-bond donors (Lipinski definition) is 3. The minimum absolute atomic E-state index is 0.0492. The molecule has 2 atom stereocenters.